The van der Waals surface area contributed by atoms with Gasteiger partial charge in [0.2, 0.25) is 0 Å². The van der Waals surface area contributed by atoms with E-state index >= 15 is 0 Å². The van der Waals surface area contributed by atoms with E-state index in [2.05, 4.69) is 19.2 Å². The molecule has 0 saturated heterocycles. The van der Waals surface area contributed by atoms with E-state index < -0.39 is 0 Å². The molecule has 1 N–H and O–H groups in total. The molecular formula is C26H32N2O4. The lowest BCUT2D eigenvalue weighted by Crippen LogP contribution is -2.38. The molecule has 1 aliphatic rings. The molecule has 6 nitrogen and oxygen atoms in total. The monoisotopic (exact) mass is 436 g/mol. The second-order valence-electron chi connectivity index (χ2n) is 8.87. The third-order valence-electron chi connectivity index (χ3n) is 4.85. The maximum Gasteiger partial charge on any atom is 0.278 e. The Balaban J connectivity index is 1.92. The first-order chi connectivity index (χ1) is 15.2. The van der Waals surface area contributed by atoms with Gasteiger partial charge in [-0.1, -0.05) is 26.0 Å². The predicted molar refractivity (Wildman–Crippen MR) is 127 cm³/mol. The molecule has 1 heterocycles. The molecule has 0 fully saturated rings. The molecule has 0 saturated carbocycles. The number of rotatable bonds is 9. The van der Waals surface area contributed by atoms with Crippen LogP contribution in [0.4, 0.5) is 5.69 Å². The number of ether oxygens (including phenoxy) is 2. The maximum atomic E-state index is 13.2. The first kappa shape index (κ1) is 23.4. The van der Waals surface area contributed by atoms with Crippen molar-refractivity contribution in [1.29, 1.82) is 0 Å². The van der Waals surface area contributed by atoms with Crippen LogP contribution in [0.1, 0.15) is 47.1 Å². The summed E-state index contributed by atoms with van der Waals surface area (Å²) >= 11 is 0. The first-order valence-corrected chi connectivity index (χ1v) is 11.1. The molecule has 0 spiro atoms. The lowest BCUT2D eigenvalue weighted by atomic mass is 10.0. The summed E-state index contributed by atoms with van der Waals surface area (Å²) in [6.45, 7) is 12.4. The molecule has 2 amide bonds. The number of nitrogens with one attached hydrogen (secondary N) is 1. The number of carbonyl (C=O) groups excluding carboxylic acids is 2. The van der Waals surface area contributed by atoms with E-state index in [-0.39, 0.29) is 29.7 Å². The lowest BCUT2D eigenvalue weighted by Gasteiger charge is -2.19. The summed E-state index contributed by atoms with van der Waals surface area (Å²) in [6.07, 6.45) is 0.0734. The van der Waals surface area contributed by atoms with E-state index in [0.29, 0.717) is 29.3 Å². The molecule has 0 radical (unpaired) electrons. The zero-order chi connectivity index (χ0) is 23.4. The van der Waals surface area contributed by atoms with Gasteiger partial charge in [-0.3, -0.25) is 14.5 Å². The van der Waals surface area contributed by atoms with Gasteiger partial charge in [0.1, 0.15) is 17.2 Å². The Bertz CT molecular complexity index is 989. The van der Waals surface area contributed by atoms with Crippen LogP contribution >= 0.6 is 0 Å². The van der Waals surface area contributed by atoms with E-state index in [4.69, 9.17) is 9.47 Å². The number of benzene rings is 2. The summed E-state index contributed by atoms with van der Waals surface area (Å²) in [7, 11) is 0. The Morgan fingerprint density at radius 1 is 0.812 bits per heavy atom. The van der Waals surface area contributed by atoms with E-state index in [0.717, 1.165) is 11.5 Å². The molecule has 170 valence electrons. The molecule has 2 aromatic rings. The van der Waals surface area contributed by atoms with Crippen LogP contribution in [0.2, 0.25) is 0 Å². The Morgan fingerprint density at radius 3 is 1.94 bits per heavy atom. The van der Waals surface area contributed by atoms with Gasteiger partial charge < -0.3 is 14.8 Å². The largest absolute Gasteiger partial charge is 0.493 e. The van der Waals surface area contributed by atoms with Crippen LogP contribution in [-0.4, -0.2) is 35.5 Å². The van der Waals surface area contributed by atoms with Crippen LogP contribution in [0.5, 0.6) is 11.5 Å². The Kier molecular flexibility index (Phi) is 7.23. The number of carbonyl (C=O) groups is 2. The number of nitrogens with zero attached hydrogens (tertiary/aromatic N) is 1. The van der Waals surface area contributed by atoms with Crippen LogP contribution in [-0.2, 0) is 9.59 Å². The van der Waals surface area contributed by atoms with Crippen molar-refractivity contribution in [3.8, 4) is 11.5 Å². The summed E-state index contributed by atoms with van der Waals surface area (Å²) in [5.74, 6) is 1.26. The maximum absolute atomic E-state index is 13.2. The average Bonchev–Trinajstić information content (AvgIpc) is 2.97. The topological polar surface area (TPSA) is 67.9 Å². The Morgan fingerprint density at radius 2 is 1.41 bits per heavy atom. The summed E-state index contributed by atoms with van der Waals surface area (Å²) < 4.78 is 11.4. The van der Waals surface area contributed by atoms with Crippen molar-refractivity contribution in [2.24, 2.45) is 5.92 Å². The number of anilines is 1. The molecule has 2 aromatic carbocycles. The fourth-order valence-corrected chi connectivity index (χ4v) is 3.41. The molecule has 32 heavy (non-hydrogen) atoms. The van der Waals surface area contributed by atoms with Gasteiger partial charge in [-0.25, -0.2) is 0 Å². The first-order valence-electron chi connectivity index (χ1n) is 11.1. The second kappa shape index (κ2) is 9.90. The fraction of sp³-hybridized carbons (Fsp3) is 0.385. The van der Waals surface area contributed by atoms with Gasteiger partial charge >= 0.3 is 0 Å². The van der Waals surface area contributed by atoms with Crippen molar-refractivity contribution >= 4 is 23.1 Å². The number of imide groups is 1. The molecule has 0 atom stereocenters. The van der Waals surface area contributed by atoms with Crippen molar-refractivity contribution in [3.63, 3.8) is 0 Å². The van der Waals surface area contributed by atoms with Gasteiger partial charge in [-0.15, -0.1) is 0 Å². The third-order valence-corrected chi connectivity index (χ3v) is 4.85. The van der Waals surface area contributed by atoms with Gasteiger partial charge in [0.05, 0.1) is 18.3 Å². The van der Waals surface area contributed by atoms with Gasteiger partial charge in [-0.2, -0.15) is 0 Å². The van der Waals surface area contributed by atoms with Crippen LogP contribution in [0.25, 0.3) is 5.57 Å². The molecule has 0 bridgehead atoms. The van der Waals surface area contributed by atoms with E-state index in [1.54, 1.807) is 0 Å². The Hall–Kier alpha value is -3.28. The minimum Gasteiger partial charge on any atom is -0.493 e. The summed E-state index contributed by atoms with van der Waals surface area (Å²) in [5.41, 5.74) is 2.02. The summed E-state index contributed by atoms with van der Waals surface area (Å²) in [5, 5.41) is 3.17. The van der Waals surface area contributed by atoms with Gasteiger partial charge in [0.15, 0.2) is 0 Å². The quantitative estimate of drug-likeness (QED) is 0.553. The van der Waals surface area contributed by atoms with Crippen LogP contribution in [0.3, 0.4) is 0 Å². The fourth-order valence-electron chi connectivity index (χ4n) is 3.41. The number of amides is 2. The highest BCUT2D eigenvalue weighted by Gasteiger charge is 2.40. The second-order valence-corrected chi connectivity index (χ2v) is 8.87. The Labute approximate surface area is 190 Å². The zero-order valence-corrected chi connectivity index (χ0v) is 19.6. The predicted octanol–water partition coefficient (Wildman–Crippen LogP) is 5.11. The van der Waals surface area contributed by atoms with Crippen molar-refractivity contribution in [1.82, 2.24) is 4.90 Å². The van der Waals surface area contributed by atoms with Gasteiger partial charge in [0, 0.05) is 11.7 Å². The molecule has 6 heteroatoms. The molecule has 0 unspecified atom stereocenters. The highest BCUT2D eigenvalue weighted by molar-refractivity contribution is 6.36. The van der Waals surface area contributed by atoms with Gasteiger partial charge in [0.25, 0.3) is 11.8 Å². The molecule has 0 aromatic heterocycles. The average molecular weight is 437 g/mol. The van der Waals surface area contributed by atoms with E-state index in [9.17, 15) is 9.59 Å². The highest BCUT2D eigenvalue weighted by atomic mass is 16.5. The molecular weight excluding hydrogens is 404 g/mol. The van der Waals surface area contributed by atoms with Crippen molar-refractivity contribution in [2.75, 3.05) is 11.9 Å². The SMILES string of the molecule is CC(C)COc1ccc(C2=C(Nc3ccc(OC(C)C)cc3)C(=O)N(C(C)C)C2=O)cc1. The van der Waals surface area contributed by atoms with Crippen LogP contribution in [0.15, 0.2) is 54.2 Å². The summed E-state index contributed by atoms with van der Waals surface area (Å²) in [6, 6.07) is 14.4. The third kappa shape index (κ3) is 5.31. The van der Waals surface area contributed by atoms with Crippen LogP contribution in [0, 0.1) is 5.92 Å². The highest BCUT2D eigenvalue weighted by Crippen LogP contribution is 2.33. The standard InChI is InChI=1S/C26H32N2O4/c1-16(2)15-31-21-11-7-19(8-12-21)23-24(26(30)28(17(3)4)25(23)29)27-20-9-13-22(14-10-20)32-18(5)6/h7-14,16-18,27H,15H2,1-6H3. The van der Waals surface area contributed by atoms with Crippen LogP contribution < -0.4 is 14.8 Å². The minimum absolute atomic E-state index is 0.0734. The van der Waals surface area contributed by atoms with Crippen molar-refractivity contribution in [3.05, 3.63) is 59.8 Å². The zero-order valence-electron chi connectivity index (χ0n) is 19.6. The van der Waals surface area contributed by atoms with E-state index in [1.165, 1.54) is 4.90 Å². The molecule has 0 aliphatic carbocycles. The molecule has 1 aliphatic heterocycles. The lowest BCUT2D eigenvalue weighted by molar-refractivity contribution is -0.138. The number of hydrogen-bond donors (Lipinski definition) is 1. The molecule has 3 rings (SSSR count). The smallest absolute Gasteiger partial charge is 0.278 e. The minimum atomic E-state index is -0.331. The van der Waals surface area contributed by atoms with E-state index in [1.807, 2.05) is 76.2 Å². The number of hydrogen-bond acceptors (Lipinski definition) is 5. The van der Waals surface area contributed by atoms with Crippen molar-refractivity contribution in [2.45, 2.75) is 53.7 Å². The normalized spacial score (nSPS) is 14.2. The summed E-state index contributed by atoms with van der Waals surface area (Å²) in [4.78, 5) is 27.6. The van der Waals surface area contributed by atoms with Crippen molar-refractivity contribution < 1.29 is 19.1 Å². The van der Waals surface area contributed by atoms with Gasteiger partial charge in [-0.05, 0) is 75.6 Å².